The van der Waals surface area contributed by atoms with Gasteiger partial charge in [-0.15, -0.1) is 0 Å². The van der Waals surface area contributed by atoms with Gasteiger partial charge in [0.1, 0.15) is 11.6 Å². The quantitative estimate of drug-likeness (QED) is 0.569. The fourth-order valence-corrected chi connectivity index (χ4v) is 3.64. The highest BCUT2D eigenvalue weighted by Gasteiger charge is 2.13. The maximum Gasteiger partial charge on any atom is 0.261 e. The second kappa shape index (κ2) is 8.91. The van der Waals surface area contributed by atoms with Crippen LogP contribution in [0.5, 0.6) is 5.88 Å². The van der Waals surface area contributed by atoms with E-state index in [1.807, 2.05) is 13.8 Å². The van der Waals surface area contributed by atoms with Crippen molar-refractivity contribution in [2.24, 2.45) is 0 Å². The van der Waals surface area contributed by atoms with Gasteiger partial charge in [0.15, 0.2) is 0 Å². The molecule has 29 heavy (non-hydrogen) atoms. The van der Waals surface area contributed by atoms with Gasteiger partial charge in [0, 0.05) is 17.4 Å². The zero-order valence-electron chi connectivity index (χ0n) is 16.6. The minimum absolute atomic E-state index is 0.223. The number of sulfonamides is 1. The SMILES string of the molecule is CCCOc1cc(Nc2ccc(NS(=O)(=O)c3ccc(C)cc3)cc2)nc(C)n1. The number of ether oxygens (including phenoxy) is 1. The smallest absolute Gasteiger partial charge is 0.261 e. The van der Waals surface area contributed by atoms with Gasteiger partial charge in [-0.05, 0) is 56.7 Å². The first-order valence-corrected chi connectivity index (χ1v) is 10.8. The third kappa shape index (κ3) is 5.68. The number of anilines is 3. The molecule has 7 nitrogen and oxygen atoms in total. The monoisotopic (exact) mass is 412 g/mol. The van der Waals surface area contributed by atoms with Crippen LogP contribution in [0.3, 0.4) is 0 Å². The van der Waals surface area contributed by atoms with Gasteiger partial charge in [-0.2, -0.15) is 4.98 Å². The molecule has 0 aliphatic heterocycles. The Balaban J connectivity index is 1.70. The van der Waals surface area contributed by atoms with Crippen molar-refractivity contribution in [3.05, 3.63) is 66.0 Å². The van der Waals surface area contributed by atoms with E-state index in [1.54, 1.807) is 61.5 Å². The van der Waals surface area contributed by atoms with Crippen LogP contribution in [0.25, 0.3) is 0 Å². The average Bonchev–Trinajstić information content (AvgIpc) is 2.68. The molecule has 3 rings (SSSR count). The summed E-state index contributed by atoms with van der Waals surface area (Å²) in [6.07, 6.45) is 0.895. The lowest BCUT2D eigenvalue weighted by Gasteiger charge is -2.11. The van der Waals surface area contributed by atoms with Crippen molar-refractivity contribution >= 4 is 27.2 Å². The van der Waals surface area contributed by atoms with Crippen molar-refractivity contribution in [2.45, 2.75) is 32.1 Å². The van der Waals surface area contributed by atoms with Crippen molar-refractivity contribution in [3.63, 3.8) is 0 Å². The van der Waals surface area contributed by atoms with Gasteiger partial charge in [0.05, 0.1) is 11.5 Å². The van der Waals surface area contributed by atoms with Crippen molar-refractivity contribution in [3.8, 4) is 5.88 Å². The molecule has 0 unspecified atom stereocenters. The van der Waals surface area contributed by atoms with Crippen LogP contribution in [0, 0.1) is 13.8 Å². The molecule has 0 fully saturated rings. The highest BCUT2D eigenvalue weighted by molar-refractivity contribution is 7.92. The van der Waals surface area contributed by atoms with E-state index in [9.17, 15) is 8.42 Å². The van der Waals surface area contributed by atoms with E-state index in [2.05, 4.69) is 20.0 Å². The molecule has 1 heterocycles. The van der Waals surface area contributed by atoms with Crippen LogP contribution in [0.15, 0.2) is 59.5 Å². The van der Waals surface area contributed by atoms with E-state index in [-0.39, 0.29) is 4.90 Å². The molecule has 0 radical (unpaired) electrons. The van der Waals surface area contributed by atoms with Crippen molar-refractivity contribution in [1.29, 1.82) is 0 Å². The average molecular weight is 413 g/mol. The molecule has 2 aromatic carbocycles. The predicted octanol–water partition coefficient (Wildman–Crippen LogP) is 4.43. The number of nitrogens with zero attached hydrogens (tertiary/aromatic N) is 2. The summed E-state index contributed by atoms with van der Waals surface area (Å²) in [5.41, 5.74) is 2.24. The molecule has 0 bridgehead atoms. The molecule has 2 N–H and O–H groups in total. The Morgan fingerprint density at radius 1 is 0.931 bits per heavy atom. The number of aryl methyl sites for hydroxylation is 2. The Morgan fingerprint density at radius 2 is 1.59 bits per heavy atom. The van der Waals surface area contributed by atoms with E-state index in [4.69, 9.17) is 4.74 Å². The summed E-state index contributed by atoms with van der Waals surface area (Å²) in [6.45, 7) is 6.33. The number of hydrogen-bond acceptors (Lipinski definition) is 6. The van der Waals surface area contributed by atoms with E-state index in [0.717, 1.165) is 17.7 Å². The number of benzene rings is 2. The first kappa shape index (κ1) is 20.6. The first-order chi connectivity index (χ1) is 13.9. The van der Waals surface area contributed by atoms with E-state index in [1.165, 1.54) is 0 Å². The second-order valence-corrected chi connectivity index (χ2v) is 8.29. The Kier molecular flexibility index (Phi) is 6.33. The van der Waals surface area contributed by atoms with Gasteiger partial charge < -0.3 is 10.1 Å². The van der Waals surface area contributed by atoms with Crippen molar-refractivity contribution in [1.82, 2.24) is 9.97 Å². The minimum Gasteiger partial charge on any atom is -0.478 e. The van der Waals surface area contributed by atoms with Crippen LogP contribution < -0.4 is 14.8 Å². The molecule has 8 heteroatoms. The van der Waals surface area contributed by atoms with Gasteiger partial charge in [-0.1, -0.05) is 24.6 Å². The van der Waals surface area contributed by atoms with Gasteiger partial charge in [-0.3, -0.25) is 4.72 Å². The van der Waals surface area contributed by atoms with Gasteiger partial charge in [-0.25, -0.2) is 13.4 Å². The molecular weight excluding hydrogens is 388 g/mol. The van der Waals surface area contributed by atoms with Gasteiger partial charge >= 0.3 is 0 Å². The van der Waals surface area contributed by atoms with E-state index >= 15 is 0 Å². The summed E-state index contributed by atoms with van der Waals surface area (Å²) in [6, 6.07) is 15.4. The van der Waals surface area contributed by atoms with Gasteiger partial charge in [0.2, 0.25) is 5.88 Å². The third-order valence-corrected chi connectivity index (χ3v) is 5.41. The molecule has 0 atom stereocenters. The summed E-state index contributed by atoms with van der Waals surface area (Å²) < 4.78 is 33.1. The zero-order chi connectivity index (χ0) is 20.9. The summed E-state index contributed by atoms with van der Waals surface area (Å²) >= 11 is 0. The molecule has 1 aromatic heterocycles. The molecule has 0 saturated heterocycles. The summed E-state index contributed by atoms with van der Waals surface area (Å²) in [7, 11) is -3.63. The molecule has 0 aliphatic carbocycles. The highest BCUT2D eigenvalue weighted by Crippen LogP contribution is 2.22. The standard InChI is InChI=1S/C21H24N4O3S/c1-4-13-28-21-14-20(22-16(3)23-21)24-17-7-9-18(10-8-17)25-29(26,27)19-11-5-15(2)6-12-19/h5-12,14,25H,4,13H2,1-3H3,(H,22,23,24). The summed E-state index contributed by atoms with van der Waals surface area (Å²) in [5.74, 6) is 1.73. The van der Waals surface area contributed by atoms with E-state index < -0.39 is 10.0 Å². The van der Waals surface area contributed by atoms with Crippen LogP contribution >= 0.6 is 0 Å². The predicted molar refractivity (Wildman–Crippen MR) is 114 cm³/mol. The van der Waals surface area contributed by atoms with Crippen LogP contribution in [-0.4, -0.2) is 25.0 Å². The normalized spacial score (nSPS) is 11.1. The Hall–Kier alpha value is -3.13. The summed E-state index contributed by atoms with van der Waals surface area (Å²) in [5, 5.41) is 3.18. The van der Waals surface area contributed by atoms with Crippen LogP contribution in [-0.2, 0) is 10.0 Å². The lowest BCUT2D eigenvalue weighted by Crippen LogP contribution is -2.12. The van der Waals surface area contributed by atoms with Crippen LogP contribution in [0.4, 0.5) is 17.2 Å². The molecule has 3 aromatic rings. The first-order valence-electron chi connectivity index (χ1n) is 9.31. The molecule has 152 valence electrons. The topological polar surface area (TPSA) is 93.2 Å². The number of nitrogens with one attached hydrogen (secondary N) is 2. The molecule has 0 saturated carbocycles. The minimum atomic E-state index is -3.63. The number of rotatable bonds is 8. The Morgan fingerprint density at radius 3 is 2.24 bits per heavy atom. The molecule has 0 spiro atoms. The number of aromatic nitrogens is 2. The van der Waals surface area contributed by atoms with Crippen molar-refractivity contribution < 1.29 is 13.2 Å². The van der Waals surface area contributed by atoms with Crippen LogP contribution in [0.2, 0.25) is 0 Å². The molecular formula is C21H24N4O3S. The van der Waals surface area contributed by atoms with Crippen LogP contribution in [0.1, 0.15) is 24.7 Å². The van der Waals surface area contributed by atoms with E-state index in [0.29, 0.717) is 29.8 Å². The lowest BCUT2D eigenvalue weighted by atomic mass is 10.2. The zero-order valence-corrected chi connectivity index (χ0v) is 17.5. The summed E-state index contributed by atoms with van der Waals surface area (Å²) in [4.78, 5) is 8.83. The fourth-order valence-electron chi connectivity index (χ4n) is 2.59. The molecule has 0 aliphatic rings. The second-order valence-electron chi connectivity index (χ2n) is 6.61. The molecule has 0 amide bonds. The highest BCUT2D eigenvalue weighted by atomic mass is 32.2. The van der Waals surface area contributed by atoms with Gasteiger partial charge in [0.25, 0.3) is 10.0 Å². The Bertz CT molecular complexity index is 1070. The Labute approximate surface area is 171 Å². The van der Waals surface area contributed by atoms with Crippen molar-refractivity contribution in [2.75, 3.05) is 16.6 Å². The maximum absolute atomic E-state index is 12.5. The maximum atomic E-state index is 12.5. The number of hydrogen-bond donors (Lipinski definition) is 2. The lowest BCUT2D eigenvalue weighted by molar-refractivity contribution is 0.304. The third-order valence-electron chi connectivity index (χ3n) is 4.01. The largest absolute Gasteiger partial charge is 0.478 e. The fraction of sp³-hybridized carbons (Fsp3) is 0.238.